The van der Waals surface area contributed by atoms with Gasteiger partial charge in [-0.15, -0.1) is 0 Å². The zero-order chi connectivity index (χ0) is 14.4. The number of barbiturate groups is 1. The summed E-state index contributed by atoms with van der Waals surface area (Å²) in [6, 6.07) is 2.93. The van der Waals surface area contributed by atoms with Crippen molar-refractivity contribution in [1.82, 2.24) is 5.32 Å². The van der Waals surface area contributed by atoms with Gasteiger partial charge in [-0.05, 0) is 32.0 Å². The molecule has 5 nitrogen and oxygen atoms in total. The van der Waals surface area contributed by atoms with Crippen LogP contribution in [-0.2, 0) is 9.59 Å². The number of carbonyl (C=O) groups excluding carboxylic acids is 3. The molecule has 0 bridgehead atoms. The Morgan fingerprint density at radius 1 is 1.26 bits per heavy atom. The molecule has 1 saturated heterocycles. The van der Waals surface area contributed by atoms with Gasteiger partial charge in [0.25, 0.3) is 0 Å². The zero-order valence-electron chi connectivity index (χ0n) is 10.2. The monoisotopic (exact) mass is 328 g/mol. The highest BCUT2D eigenvalue weighted by molar-refractivity contribution is 9.10. The summed E-state index contributed by atoms with van der Waals surface area (Å²) in [6.45, 7) is 2.75. The van der Waals surface area contributed by atoms with Crippen molar-refractivity contribution in [1.29, 1.82) is 0 Å². The summed E-state index contributed by atoms with van der Waals surface area (Å²) in [4.78, 5) is 36.2. The van der Waals surface area contributed by atoms with Crippen molar-refractivity contribution in [2.75, 3.05) is 4.90 Å². The summed E-state index contributed by atoms with van der Waals surface area (Å²) in [5.41, 5.74) is -1.62. The van der Waals surface area contributed by atoms with Crippen molar-refractivity contribution in [3.05, 3.63) is 28.5 Å². The summed E-state index contributed by atoms with van der Waals surface area (Å²) in [5.74, 6) is -2.19. The van der Waals surface area contributed by atoms with Gasteiger partial charge in [-0.1, -0.05) is 15.9 Å². The molecule has 1 heterocycles. The lowest BCUT2D eigenvalue weighted by Crippen LogP contribution is -2.62. The molecule has 4 amide bonds. The molecule has 0 saturated carbocycles. The Morgan fingerprint density at radius 2 is 1.89 bits per heavy atom. The molecule has 1 aromatic carbocycles. The molecule has 0 spiro atoms. The molecule has 1 fully saturated rings. The standard InChI is InChI=1S/C12H10BrFN2O3/c1-12(2)9(17)15-11(19)16(10(12)18)8-5-6(13)3-4-7(8)14/h3-5H,1-2H3,(H,15,17,19). The number of halogens is 2. The van der Waals surface area contributed by atoms with Crippen molar-refractivity contribution in [2.45, 2.75) is 13.8 Å². The first kappa shape index (κ1) is 13.7. The smallest absolute Gasteiger partial charge is 0.276 e. The molecular formula is C12H10BrFN2O3. The van der Waals surface area contributed by atoms with Crippen LogP contribution in [0.4, 0.5) is 14.9 Å². The second-order valence-corrected chi connectivity index (χ2v) is 5.54. The first-order chi connectivity index (χ1) is 8.75. The summed E-state index contributed by atoms with van der Waals surface area (Å²) in [6.07, 6.45) is 0. The van der Waals surface area contributed by atoms with Crippen LogP contribution < -0.4 is 10.2 Å². The molecule has 0 unspecified atom stereocenters. The van der Waals surface area contributed by atoms with E-state index in [1.807, 2.05) is 5.32 Å². The van der Waals surface area contributed by atoms with Crippen LogP contribution in [0.2, 0.25) is 0 Å². The molecule has 100 valence electrons. The lowest BCUT2D eigenvalue weighted by Gasteiger charge is -2.34. The van der Waals surface area contributed by atoms with Gasteiger partial charge in [0.1, 0.15) is 11.2 Å². The number of rotatable bonds is 1. The molecule has 1 aromatic rings. The predicted molar refractivity (Wildman–Crippen MR) is 68.9 cm³/mol. The Kier molecular flexibility index (Phi) is 3.17. The zero-order valence-corrected chi connectivity index (χ0v) is 11.7. The fourth-order valence-corrected chi connectivity index (χ4v) is 2.00. The fourth-order valence-electron chi connectivity index (χ4n) is 1.65. The normalized spacial score (nSPS) is 18.5. The molecule has 0 aliphatic carbocycles. The van der Waals surface area contributed by atoms with E-state index >= 15 is 0 Å². The van der Waals surface area contributed by atoms with Crippen molar-refractivity contribution in [3.8, 4) is 0 Å². The number of urea groups is 1. The molecular weight excluding hydrogens is 319 g/mol. The Hall–Kier alpha value is -1.76. The SMILES string of the molecule is CC1(C)C(=O)NC(=O)N(c2cc(Br)ccc2F)C1=O. The predicted octanol–water partition coefficient (Wildman–Crippen LogP) is 2.20. The molecule has 1 aliphatic heterocycles. The van der Waals surface area contributed by atoms with E-state index in [0.29, 0.717) is 9.37 Å². The summed E-state index contributed by atoms with van der Waals surface area (Å²) in [5, 5.41) is 2.04. The first-order valence-electron chi connectivity index (χ1n) is 5.40. The number of carbonyl (C=O) groups is 3. The number of nitrogens with one attached hydrogen (secondary N) is 1. The Bertz CT molecular complexity index is 601. The Labute approximate surface area is 116 Å². The molecule has 0 atom stereocenters. The molecule has 0 radical (unpaired) electrons. The topological polar surface area (TPSA) is 66.5 Å². The average Bonchev–Trinajstić information content (AvgIpc) is 2.32. The van der Waals surface area contributed by atoms with Gasteiger partial charge in [0.2, 0.25) is 11.8 Å². The first-order valence-corrected chi connectivity index (χ1v) is 6.19. The highest BCUT2D eigenvalue weighted by Gasteiger charge is 2.48. The van der Waals surface area contributed by atoms with Gasteiger partial charge in [-0.25, -0.2) is 14.1 Å². The molecule has 0 aromatic heterocycles. The van der Waals surface area contributed by atoms with Gasteiger partial charge < -0.3 is 0 Å². The van der Waals surface area contributed by atoms with Gasteiger partial charge in [0.15, 0.2) is 0 Å². The minimum absolute atomic E-state index is 0.197. The van der Waals surface area contributed by atoms with E-state index in [2.05, 4.69) is 15.9 Å². The van der Waals surface area contributed by atoms with Crippen molar-refractivity contribution in [3.63, 3.8) is 0 Å². The maximum Gasteiger partial charge on any atom is 0.335 e. The number of hydrogen-bond acceptors (Lipinski definition) is 3. The van der Waals surface area contributed by atoms with Crippen LogP contribution in [0.5, 0.6) is 0 Å². The molecule has 1 N–H and O–H groups in total. The van der Waals surface area contributed by atoms with Gasteiger partial charge in [-0.3, -0.25) is 14.9 Å². The van der Waals surface area contributed by atoms with E-state index in [9.17, 15) is 18.8 Å². The van der Waals surface area contributed by atoms with Gasteiger partial charge in [-0.2, -0.15) is 0 Å². The van der Waals surface area contributed by atoms with Crippen molar-refractivity contribution >= 4 is 39.5 Å². The average molecular weight is 329 g/mol. The second-order valence-electron chi connectivity index (χ2n) is 4.62. The number of nitrogens with zero attached hydrogens (tertiary/aromatic N) is 1. The van der Waals surface area contributed by atoms with Crippen LogP contribution in [0, 0.1) is 11.2 Å². The van der Waals surface area contributed by atoms with Gasteiger partial charge in [0.05, 0.1) is 5.69 Å². The third kappa shape index (κ3) is 2.14. The van der Waals surface area contributed by atoms with Crippen LogP contribution in [0.3, 0.4) is 0 Å². The maximum absolute atomic E-state index is 13.8. The van der Waals surface area contributed by atoms with Crippen molar-refractivity contribution < 1.29 is 18.8 Å². The largest absolute Gasteiger partial charge is 0.335 e. The summed E-state index contributed by atoms with van der Waals surface area (Å²) >= 11 is 3.14. The lowest BCUT2D eigenvalue weighted by molar-refractivity contribution is -0.140. The quantitative estimate of drug-likeness (QED) is 0.803. The maximum atomic E-state index is 13.8. The third-order valence-corrected chi connectivity index (χ3v) is 3.37. The number of anilines is 1. The van der Waals surface area contributed by atoms with E-state index in [4.69, 9.17) is 0 Å². The number of amides is 4. The highest BCUT2D eigenvalue weighted by Crippen LogP contribution is 2.31. The molecule has 7 heteroatoms. The minimum Gasteiger partial charge on any atom is -0.276 e. The third-order valence-electron chi connectivity index (χ3n) is 2.88. The van der Waals surface area contributed by atoms with E-state index in [-0.39, 0.29) is 5.69 Å². The van der Waals surface area contributed by atoms with Gasteiger partial charge >= 0.3 is 6.03 Å². The highest BCUT2D eigenvalue weighted by atomic mass is 79.9. The molecule has 19 heavy (non-hydrogen) atoms. The fraction of sp³-hybridized carbons (Fsp3) is 0.250. The van der Waals surface area contributed by atoms with Crippen LogP contribution in [0.1, 0.15) is 13.8 Å². The van der Waals surface area contributed by atoms with E-state index in [1.165, 1.54) is 26.0 Å². The Morgan fingerprint density at radius 3 is 2.53 bits per heavy atom. The lowest BCUT2D eigenvalue weighted by atomic mass is 9.88. The van der Waals surface area contributed by atoms with Crippen molar-refractivity contribution in [2.24, 2.45) is 5.41 Å². The van der Waals surface area contributed by atoms with E-state index in [1.54, 1.807) is 0 Å². The van der Waals surface area contributed by atoms with Crippen LogP contribution in [0.25, 0.3) is 0 Å². The number of imide groups is 2. The van der Waals surface area contributed by atoms with E-state index < -0.39 is 29.1 Å². The van der Waals surface area contributed by atoms with Crippen LogP contribution in [0.15, 0.2) is 22.7 Å². The minimum atomic E-state index is -1.43. The van der Waals surface area contributed by atoms with Crippen LogP contribution >= 0.6 is 15.9 Å². The molecule has 2 rings (SSSR count). The van der Waals surface area contributed by atoms with E-state index in [0.717, 1.165) is 6.07 Å². The summed E-state index contributed by atoms with van der Waals surface area (Å²) < 4.78 is 14.3. The summed E-state index contributed by atoms with van der Waals surface area (Å²) in [7, 11) is 0. The number of benzene rings is 1. The van der Waals surface area contributed by atoms with Crippen LogP contribution in [-0.4, -0.2) is 17.8 Å². The molecule has 1 aliphatic rings. The second kappa shape index (κ2) is 4.41. The number of hydrogen-bond donors (Lipinski definition) is 1. The van der Waals surface area contributed by atoms with Gasteiger partial charge in [0, 0.05) is 4.47 Å². The Balaban J connectivity index is 2.55.